The maximum absolute atomic E-state index is 6.64. The highest BCUT2D eigenvalue weighted by atomic mass is 16.5. The summed E-state index contributed by atoms with van der Waals surface area (Å²) in [6.45, 7) is 4.70. The van der Waals surface area contributed by atoms with Crippen LogP contribution in [0.2, 0.25) is 0 Å². The maximum Gasteiger partial charge on any atom is 0.137 e. The van der Waals surface area contributed by atoms with Crippen molar-refractivity contribution in [1.29, 1.82) is 0 Å². The average molecular weight is 706 g/mol. The Balaban J connectivity index is 1.13. The van der Waals surface area contributed by atoms with Gasteiger partial charge < -0.3 is 14.1 Å². The predicted octanol–water partition coefficient (Wildman–Crippen LogP) is 13.8. The van der Waals surface area contributed by atoms with Gasteiger partial charge in [0.2, 0.25) is 0 Å². The van der Waals surface area contributed by atoms with Crippen LogP contribution in [0.4, 0.5) is 17.1 Å². The molecule has 0 amide bonds. The number of ether oxygens (including phenoxy) is 1. The molecule has 0 N–H and O–H groups in total. The molecule has 2 heterocycles. The summed E-state index contributed by atoms with van der Waals surface area (Å²) in [5.74, 6) is 1.78. The maximum atomic E-state index is 6.64. The van der Waals surface area contributed by atoms with Gasteiger partial charge in [0.15, 0.2) is 0 Å². The van der Waals surface area contributed by atoms with Crippen LogP contribution in [0.15, 0.2) is 180 Å². The minimum atomic E-state index is -0.566. The van der Waals surface area contributed by atoms with Crippen LogP contribution in [0, 0.1) is 0 Å². The summed E-state index contributed by atoms with van der Waals surface area (Å²) in [7, 11) is 0. The number of fused-ring (bicyclic) bond motifs is 15. The van der Waals surface area contributed by atoms with E-state index in [4.69, 9.17) is 9.15 Å². The fraction of sp³-hybridized carbons (Fsp3) is 0.0769. The first-order chi connectivity index (χ1) is 27.0. The largest absolute Gasteiger partial charge is 0.457 e. The van der Waals surface area contributed by atoms with Crippen molar-refractivity contribution in [2.75, 3.05) is 4.90 Å². The molecule has 0 unspecified atom stereocenters. The molecule has 0 atom stereocenters. The third kappa shape index (κ3) is 4.00. The fourth-order valence-corrected chi connectivity index (χ4v) is 10.1. The van der Waals surface area contributed by atoms with Gasteiger partial charge in [0, 0.05) is 50.4 Å². The summed E-state index contributed by atoms with van der Waals surface area (Å²) in [6.07, 6.45) is 0. The molecule has 55 heavy (non-hydrogen) atoms. The lowest BCUT2D eigenvalue weighted by Gasteiger charge is -2.39. The van der Waals surface area contributed by atoms with Crippen molar-refractivity contribution in [1.82, 2.24) is 0 Å². The average Bonchev–Trinajstić information content (AvgIpc) is 3.82. The highest BCUT2D eigenvalue weighted by Gasteiger charge is 2.51. The molecule has 0 saturated carbocycles. The van der Waals surface area contributed by atoms with Crippen LogP contribution in [-0.2, 0) is 10.8 Å². The molecule has 3 nitrogen and oxygen atoms in total. The van der Waals surface area contributed by atoms with E-state index in [0.29, 0.717) is 0 Å². The summed E-state index contributed by atoms with van der Waals surface area (Å²) >= 11 is 0. The lowest BCUT2D eigenvalue weighted by Crippen LogP contribution is -2.32. The second-order valence-corrected chi connectivity index (χ2v) is 15.6. The first-order valence-corrected chi connectivity index (χ1v) is 19.1. The molecule has 2 aliphatic carbocycles. The normalized spacial score (nSPS) is 14.8. The Labute approximate surface area is 319 Å². The van der Waals surface area contributed by atoms with Crippen molar-refractivity contribution in [2.45, 2.75) is 24.7 Å². The summed E-state index contributed by atoms with van der Waals surface area (Å²) in [5, 5.41) is 2.24. The Kier molecular flexibility index (Phi) is 6.05. The molecule has 8 aromatic carbocycles. The van der Waals surface area contributed by atoms with E-state index < -0.39 is 5.41 Å². The van der Waals surface area contributed by atoms with E-state index in [1.54, 1.807) is 0 Å². The third-order valence-corrected chi connectivity index (χ3v) is 12.5. The van der Waals surface area contributed by atoms with E-state index in [0.717, 1.165) is 61.6 Å². The molecule has 12 rings (SSSR count). The van der Waals surface area contributed by atoms with E-state index in [9.17, 15) is 0 Å². The number of anilines is 3. The van der Waals surface area contributed by atoms with Crippen LogP contribution in [0.5, 0.6) is 11.5 Å². The van der Waals surface area contributed by atoms with Gasteiger partial charge in [0.05, 0.1) is 5.41 Å². The van der Waals surface area contributed by atoms with E-state index in [1.165, 1.54) is 44.5 Å². The van der Waals surface area contributed by atoms with Gasteiger partial charge in [-0.05, 0) is 99.1 Å². The van der Waals surface area contributed by atoms with Crippen molar-refractivity contribution in [3.63, 3.8) is 0 Å². The Morgan fingerprint density at radius 1 is 0.382 bits per heavy atom. The van der Waals surface area contributed by atoms with Gasteiger partial charge in [0.25, 0.3) is 0 Å². The molecule has 9 aromatic rings. The Hall–Kier alpha value is -6.84. The Morgan fingerprint density at radius 3 is 1.60 bits per heavy atom. The molecule has 3 aliphatic rings. The SMILES string of the molecule is CC1(C)c2ccccc2-c2ccc(N(c3ccc4c(c3)C3(c5ccccc5Oc5ccccc53)c3ccccc3-4)c3ccc4c(c3)oc3ccccc34)cc21. The molecular formula is C52H35NO2. The summed E-state index contributed by atoms with van der Waals surface area (Å²) in [5.41, 5.74) is 16.9. The molecular weight excluding hydrogens is 671 g/mol. The number of benzene rings is 8. The Morgan fingerprint density at radius 2 is 0.873 bits per heavy atom. The van der Waals surface area contributed by atoms with Crippen LogP contribution < -0.4 is 9.64 Å². The van der Waals surface area contributed by atoms with E-state index in [2.05, 4.69) is 183 Å². The van der Waals surface area contributed by atoms with Crippen molar-refractivity contribution in [3.8, 4) is 33.8 Å². The first-order valence-electron chi connectivity index (χ1n) is 19.1. The Bertz CT molecular complexity index is 3030. The zero-order valence-electron chi connectivity index (χ0n) is 30.5. The molecule has 0 saturated heterocycles. The van der Waals surface area contributed by atoms with E-state index >= 15 is 0 Å². The number of nitrogens with zero attached hydrogens (tertiary/aromatic N) is 1. The number of rotatable bonds is 3. The zero-order valence-corrected chi connectivity index (χ0v) is 30.5. The van der Waals surface area contributed by atoms with Crippen LogP contribution in [0.25, 0.3) is 44.2 Å². The summed E-state index contributed by atoms with van der Waals surface area (Å²) in [4.78, 5) is 2.42. The first kappa shape index (κ1) is 30.6. The summed E-state index contributed by atoms with van der Waals surface area (Å²) in [6, 6.07) is 63.9. The van der Waals surface area contributed by atoms with Gasteiger partial charge >= 0.3 is 0 Å². The number of para-hydroxylation sites is 3. The molecule has 1 aliphatic heterocycles. The highest BCUT2D eigenvalue weighted by molar-refractivity contribution is 6.06. The number of furan rings is 1. The standard InChI is InChI=1S/C52H35NO2/c1-51(2)41-16-6-3-13-35(41)37-26-23-32(29-45(37)51)53(34-25-28-40-39-15-5-10-20-47(39)54-50(40)31-34)33-24-27-38-36-14-4-7-17-42(36)52(46(38)30-33)43-18-8-11-21-48(43)55-49-22-12-9-19-44(49)52/h3-31H,1-2H3. The topological polar surface area (TPSA) is 25.6 Å². The van der Waals surface area contributed by atoms with Gasteiger partial charge in [-0.15, -0.1) is 0 Å². The van der Waals surface area contributed by atoms with E-state index in [-0.39, 0.29) is 5.41 Å². The van der Waals surface area contributed by atoms with Crippen LogP contribution in [0.3, 0.4) is 0 Å². The van der Waals surface area contributed by atoms with Gasteiger partial charge in [-0.25, -0.2) is 0 Å². The highest BCUT2D eigenvalue weighted by Crippen LogP contribution is 2.63. The van der Waals surface area contributed by atoms with Crippen molar-refractivity contribution >= 4 is 39.0 Å². The van der Waals surface area contributed by atoms with Crippen LogP contribution in [0.1, 0.15) is 47.2 Å². The minimum absolute atomic E-state index is 0.143. The lowest BCUT2D eigenvalue weighted by molar-refractivity contribution is 0.436. The lowest BCUT2D eigenvalue weighted by atomic mass is 9.66. The van der Waals surface area contributed by atoms with Gasteiger partial charge in [-0.1, -0.05) is 129 Å². The second kappa shape index (κ2) is 10.9. The molecule has 3 heteroatoms. The smallest absolute Gasteiger partial charge is 0.137 e. The second-order valence-electron chi connectivity index (χ2n) is 15.6. The molecule has 0 bridgehead atoms. The number of hydrogen-bond donors (Lipinski definition) is 0. The van der Waals surface area contributed by atoms with Gasteiger partial charge in [-0.3, -0.25) is 0 Å². The predicted molar refractivity (Wildman–Crippen MR) is 223 cm³/mol. The van der Waals surface area contributed by atoms with Crippen molar-refractivity contribution in [3.05, 3.63) is 209 Å². The zero-order chi connectivity index (χ0) is 36.5. The fourth-order valence-electron chi connectivity index (χ4n) is 10.1. The monoisotopic (exact) mass is 705 g/mol. The minimum Gasteiger partial charge on any atom is -0.457 e. The van der Waals surface area contributed by atoms with Crippen LogP contribution >= 0.6 is 0 Å². The van der Waals surface area contributed by atoms with Crippen molar-refractivity contribution in [2.24, 2.45) is 0 Å². The van der Waals surface area contributed by atoms with E-state index in [1.807, 2.05) is 12.1 Å². The van der Waals surface area contributed by atoms with Crippen molar-refractivity contribution < 1.29 is 9.15 Å². The quantitative estimate of drug-likeness (QED) is 0.183. The molecule has 0 fully saturated rings. The molecule has 1 spiro atoms. The molecule has 1 aromatic heterocycles. The number of hydrogen-bond acceptors (Lipinski definition) is 3. The third-order valence-electron chi connectivity index (χ3n) is 12.5. The summed E-state index contributed by atoms with van der Waals surface area (Å²) < 4.78 is 13.2. The molecule has 0 radical (unpaired) electrons. The molecule has 260 valence electrons. The van der Waals surface area contributed by atoms with Gasteiger partial charge in [-0.2, -0.15) is 0 Å². The van der Waals surface area contributed by atoms with Gasteiger partial charge in [0.1, 0.15) is 22.7 Å². The van der Waals surface area contributed by atoms with Crippen LogP contribution in [-0.4, -0.2) is 0 Å².